The van der Waals surface area contributed by atoms with Crippen LogP contribution in [-0.4, -0.2) is 53.6 Å². The lowest BCUT2D eigenvalue weighted by Crippen LogP contribution is -2.32. The molecule has 0 saturated carbocycles. The number of pyridine rings is 1. The fourth-order valence-electron chi connectivity index (χ4n) is 1.97. The molecule has 2 rings (SSSR count). The van der Waals surface area contributed by atoms with Gasteiger partial charge in [-0.25, -0.2) is 9.78 Å². The van der Waals surface area contributed by atoms with E-state index in [4.69, 9.17) is 0 Å². The molecule has 2 amide bonds. The van der Waals surface area contributed by atoms with Gasteiger partial charge >= 0.3 is 24.6 Å². The highest BCUT2D eigenvalue weighted by atomic mass is 19.4. The third-order valence-corrected chi connectivity index (χ3v) is 3.40. The second kappa shape index (κ2) is 9.53. The van der Waals surface area contributed by atoms with Crippen molar-refractivity contribution in [3.05, 3.63) is 30.1 Å². The van der Waals surface area contributed by atoms with Gasteiger partial charge in [-0.1, -0.05) is 0 Å². The molecule has 2 aromatic heterocycles. The van der Waals surface area contributed by atoms with Crippen molar-refractivity contribution >= 4 is 17.7 Å². The zero-order chi connectivity index (χ0) is 25.0. The second-order valence-corrected chi connectivity index (χ2v) is 6.06. The van der Waals surface area contributed by atoms with Gasteiger partial charge in [0.2, 0.25) is 17.7 Å². The maximum atomic E-state index is 12.6. The third kappa shape index (κ3) is 8.49. The number of carbonyl (C=O) groups excluding carboxylic acids is 1. The molecule has 2 aromatic rings. The zero-order valence-electron chi connectivity index (χ0n) is 16.1. The Hall–Kier alpha value is -3.53. The number of aromatic nitrogens is 3. The summed E-state index contributed by atoms with van der Waals surface area (Å²) >= 11 is 0. The molecule has 0 fully saturated rings. The van der Waals surface area contributed by atoms with Gasteiger partial charge in [0, 0.05) is 7.05 Å². The largest absolute Gasteiger partial charge is 0.468 e. The van der Waals surface area contributed by atoms with Crippen molar-refractivity contribution in [2.24, 2.45) is 0 Å². The number of alkyl halides is 9. The van der Waals surface area contributed by atoms with Gasteiger partial charge in [0.15, 0.2) is 13.2 Å². The van der Waals surface area contributed by atoms with Gasteiger partial charge in [-0.2, -0.15) is 49.5 Å². The molecule has 17 heteroatoms. The van der Waals surface area contributed by atoms with E-state index in [1.807, 2.05) is 5.32 Å². The maximum Gasteiger partial charge on any atom is 0.433 e. The van der Waals surface area contributed by atoms with E-state index in [0.717, 1.165) is 18.0 Å². The number of nitrogens with one attached hydrogen (secondary N) is 1. The summed E-state index contributed by atoms with van der Waals surface area (Å²) in [6.45, 7) is -3.71. The first-order valence-electron chi connectivity index (χ1n) is 8.40. The highest BCUT2D eigenvalue weighted by Gasteiger charge is 2.33. The number of halogens is 9. The van der Waals surface area contributed by atoms with Crippen LogP contribution in [0.25, 0.3) is 0 Å². The van der Waals surface area contributed by atoms with Crippen LogP contribution in [0.3, 0.4) is 0 Å². The van der Waals surface area contributed by atoms with Crippen molar-refractivity contribution in [1.29, 1.82) is 0 Å². The van der Waals surface area contributed by atoms with Gasteiger partial charge in [0.1, 0.15) is 5.69 Å². The molecule has 0 atom stereocenters. The van der Waals surface area contributed by atoms with Crippen molar-refractivity contribution in [3.63, 3.8) is 0 Å². The first-order valence-corrected chi connectivity index (χ1v) is 8.40. The Morgan fingerprint density at radius 3 is 1.85 bits per heavy atom. The van der Waals surface area contributed by atoms with Crippen LogP contribution in [0.1, 0.15) is 5.69 Å². The molecule has 0 saturated heterocycles. The van der Waals surface area contributed by atoms with Crippen LogP contribution in [0.15, 0.2) is 24.4 Å². The minimum absolute atomic E-state index is 0.140. The minimum Gasteiger partial charge on any atom is -0.468 e. The Balaban J connectivity index is 2.21. The number of rotatable bonds is 6. The summed E-state index contributed by atoms with van der Waals surface area (Å²) in [4.78, 5) is 23.0. The number of hydrogen-bond donors (Lipinski definition) is 1. The Kier molecular flexibility index (Phi) is 7.43. The molecule has 0 aliphatic rings. The summed E-state index contributed by atoms with van der Waals surface area (Å²) in [7, 11) is 1.09. The number of nitrogens with zero attached hydrogens (tertiary/aromatic N) is 4. The monoisotopic (exact) mass is 493 g/mol. The Labute approximate surface area is 178 Å². The van der Waals surface area contributed by atoms with E-state index < -0.39 is 61.2 Å². The van der Waals surface area contributed by atoms with Crippen LogP contribution in [0.2, 0.25) is 0 Å². The average molecular weight is 493 g/mol. The van der Waals surface area contributed by atoms with E-state index >= 15 is 0 Å². The van der Waals surface area contributed by atoms with E-state index in [1.54, 1.807) is 0 Å². The standard InChI is InChI=1S/C16H12F9N5O3/c1-30(8-2-3-9(26-5-8)16(23,24)25)13(31)29-12-27-10(32-6-14(17,18)19)4-11(28-12)33-7-15(20,21)22/h2-5H,6-7H2,1H3,(H,27,28,29,31). The van der Waals surface area contributed by atoms with Crippen LogP contribution < -0.4 is 19.7 Å². The van der Waals surface area contributed by atoms with E-state index in [2.05, 4.69) is 24.4 Å². The van der Waals surface area contributed by atoms with Gasteiger partial charge in [-0.15, -0.1) is 0 Å². The molecule has 0 bridgehead atoms. The lowest BCUT2D eigenvalue weighted by atomic mass is 10.3. The first kappa shape index (κ1) is 25.7. The summed E-state index contributed by atoms with van der Waals surface area (Å²) in [5, 5.41) is 1.95. The molecular weight excluding hydrogens is 481 g/mol. The average Bonchev–Trinajstić information content (AvgIpc) is 2.68. The van der Waals surface area contributed by atoms with Gasteiger partial charge < -0.3 is 9.47 Å². The molecule has 8 nitrogen and oxygen atoms in total. The fraction of sp³-hybridized carbons (Fsp3) is 0.375. The predicted octanol–water partition coefficient (Wildman–Crippen LogP) is 4.44. The van der Waals surface area contributed by atoms with Crippen LogP contribution in [-0.2, 0) is 6.18 Å². The van der Waals surface area contributed by atoms with E-state index in [9.17, 15) is 44.3 Å². The molecule has 182 valence electrons. The normalized spacial score (nSPS) is 12.3. The number of ether oxygens (including phenoxy) is 2. The van der Waals surface area contributed by atoms with Crippen molar-refractivity contribution < 1.29 is 53.8 Å². The Morgan fingerprint density at radius 1 is 0.939 bits per heavy atom. The lowest BCUT2D eigenvalue weighted by Gasteiger charge is -2.18. The number of anilines is 2. The quantitative estimate of drug-likeness (QED) is 0.599. The molecule has 0 unspecified atom stereocenters. The number of carbonyl (C=O) groups is 1. The molecule has 1 N–H and O–H groups in total. The van der Waals surface area contributed by atoms with Crippen molar-refractivity contribution in [2.45, 2.75) is 18.5 Å². The molecular formula is C16H12F9N5O3. The minimum atomic E-state index is -4.81. The summed E-state index contributed by atoms with van der Waals surface area (Å²) in [5.74, 6) is -2.54. The van der Waals surface area contributed by atoms with Gasteiger partial charge in [0.25, 0.3) is 0 Å². The molecule has 0 aliphatic heterocycles. The van der Waals surface area contributed by atoms with Gasteiger partial charge in [-0.3, -0.25) is 10.2 Å². The van der Waals surface area contributed by atoms with Gasteiger partial charge in [-0.05, 0) is 12.1 Å². The molecule has 0 aliphatic carbocycles. The van der Waals surface area contributed by atoms with Crippen molar-refractivity contribution in [3.8, 4) is 11.8 Å². The molecule has 0 radical (unpaired) electrons. The number of amides is 2. The molecule has 33 heavy (non-hydrogen) atoms. The van der Waals surface area contributed by atoms with Crippen LogP contribution in [0.4, 0.5) is 55.9 Å². The summed E-state index contributed by atoms with van der Waals surface area (Å²) in [5.41, 5.74) is -1.37. The molecule has 0 aromatic carbocycles. The van der Waals surface area contributed by atoms with E-state index in [0.29, 0.717) is 18.3 Å². The predicted molar refractivity (Wildman–Crippen MR) is 91.8 cm³/mol. The van der Waals surface area contributed by atoms with Crippen LogP contribution in [0, 0.1) is 0 Å². The van der Waals surface area contributed by atoms with Crippen molar-refractivity contribution in [1.82, 2.24) is 15.0 Å². The smallest absolute Gasteiger partial charge is 0.433 e. The third-order valence-electron chi connectivity index (χ3n) is 3.40. The van der Waals surface area contributed by atoms with Crippen LogP contribution >= 0.6 is 0 Å². The van der Waals surface area contributed by atoms with Crippen molar-refractivity contribution in [2.75, 3.05) is 30.5 Å². The first-order chi connectivity index (χ1) is 15.0. The Morgan fingerprint density at radius 2 is 1.45 bits per heavy atom. The second-order valence-electron chi connectivity index (χ2n) is 6.06. The van der Waals surface area contributed by atoms with Crippen LogP contribution in [0.5, 0.6) is 11.8 Å². The molecule has 2 heterocycles. The lowest BCUT2D eigenvalue weighted by molar-refractivity contribution is -0.154. The highest BCUT2D eigenvalue weighted by molar-refractivity contribution is 6.00. The topological polar surface area (TPSA) is 89.5 Å². The SMILES string of the molecule is CN(C(=O)Nc1nc(OCC(F)(F)F)cc(OCC(F)(F)F)n1)c1ccc(C(F)(F)F)nc1. The summed E-state index contributed by atoms with van der Waals surface area (Å²) in [6, 6.07) is 0.907. The molecule has 0 spiro atoms. The van der Waals surface area contributed by atoms with Gasteiger partial charge in [0.05, 0.1) is 18.0 Å². The number of hydrogen-bond acceptors (Lipinski definition) is 6. The highest BCUT2D eigenvalue weighted by Crippen LogP contribution is 2.28. The summed E-state index contributed by atoms with van der Waals surface area (Å²) in [6.07, 6.45) is -13.6. The maximum absolute atomic E-state index is 12.6. The van der Waals surface area contributed by atoms with E-state index in [-0.39, 0.29) is 5.69 Å². The Bertz CT molecular complexity index is 926. The fourth-order valence-corrected chi connectivity index (χ4v) is 1.97. The zero-order valence-corrected chi connectivity index (χ0v) is 16.1. The number of urea groups is 1. The van der Waals surface area contributed by atoms with E-state index in [1.165, 1.54) is 0 Å². The summed E-state index contributed by atoms with van der Waals surface area (Å²) < 4.78 is 121.